The number of halogens is 2. The standard InChI is InChI=1S/C24H19Cl2N3O2/c1-24-21(16-6-4-15(5-7-16)17-3-2-9-27-14-17)8-10-28(24)23(31)29(22(24)30)20-12-18(25)11-19(26)13-20/h2-7,9,11-14,21H,8,10H2,1H3. The summed E-state index contributed by atoms with van der Waals surface area (Å²) < 4.78 is 0. The van der Waals surface area contributed by atoms with Crippen molar-refractivity contribution < 1.29 is 9.59 Å². The first-order valence-electron chi connectivity index (χ1n) is 10.0. The summed E-state index contributed by atoms with van der Waals surface area (Å²) >= 11 is 12.2. The van der Waals surface area contributed by atoms with E-state index in [1.807, 2.05) is 49.5 Å². The molecule has 156 valence electrons. The van der Waals surface area contributed by atoms with Crippen molar-refractivity contribution >= 4 is 40.8 Å². The van der Waals surface area contributed by atoms with E-state index in [1.165, 1.54) is 4.90 Å². The van der Waals surface area contributed by atoms with Gasteiger partial charge in [0, 0.05) is 34.9 Å². The molecule has 2 aliphatic rings. The van der Waals surface area contributed by atoms with Crippen LogP contribution in [0.15, 0.2) is 67.0 Å². The van der Waals surface area contributed by atoms with Crippen LogP contribution in [-0.2, 0) is 4.79 Å². The van der Waals surface area contributed by atoms with Gasteiger partial charge in [0.25, 0.3) is 5.91 Å². The summed E-state index contributed by atoms with van der Waals surface area (Å²) in [4.78, 5) is 33.8. The van der Waals surface area contributed by atoms with Crippen molar-refractivity contribution in [2.75, 3.05) is 11.4 Å². The molecule has 31 heavy (non-hydrogen) atoms. The van der Waals surface area contributed by atoms with Gasteiger partial charge < -0.3 is 4.90 Å². The number of aromatic nitrogens is 1. The Bertz CT molecular complexity index is 1160. The first-order chi connectivity index (χ1) is 14.9. The molecule has 2 atom stereocenters. The van der Waals surface area contributed by atoms with Gasteiger partial charge in [-0.15, -0.1) is 0 Å². The second kappa shape index (κ2) is 7.36. The number of pyridine rings is 1. The molecule has 5 nitrogen and oxygen atoms in total. The number of carbonyl (C=O) groups is 2. The molecule has 3 heterocycles. The van der Waals surface area contributed by atoms with E-state index in [0.29, 0.717) is 22.3 Å². The molecule has 2 aliphatic heterocycles. The number of benzene rings is 2. The maximum absolute atomic E-state index is 13.6. The number of carbonyl (C=O) groups excluding carboxylic acids is 2. The Labute approximate surface area is 190 Å². The Morgan fingerprint density at radius 2 is 1.71 bits per heavy atom. The molecule has 7 heteroatoms. The van der Waals surface area contributed by atoms with Crippen molar-refractivity contribution in [3.8, 4) is 11.1 Å². The second-order valence-electron chi connectivity index (χ2n) is 8.05. The summed E-state index contributed by atoms with van der Waals surface area (Å²) in [6, 6.07) is 16.5. The molecule has 5 rings (SSSR count). The van der Waals surface area contributed by atoms with E-state index in [2.05, 4.69) is 4.98 Å². The SMILES string of the molecule is CC12C(=O)N(c3cc(Cl)cc(Cl)c3)C(=O)N1CCC2c1ccc(-c2cccnc2)cc1. The third kappa shape index (κ3) is 3.11. The zero-order valence-corrected chi connectivity index (χ0v) is 18.3. The lowest BCUT2D eigenvalue weighted by Gasteiger charge is -2.30. The largest absolute Gasteiger partial charge is 0.332 e. The van der Waals surface area contributed by atoms with Crippen molar-refractivity contribution in [1.29, 1.82) is 0 Å². The molecule has 0 spiro atoms. The minimum atomic E-state index is -0.957. The van der Waals surface area contributed by atoms with Crippen LogP contribution in [0.3, 0.4) is 0 Å². The smallest absolute Gasteiger partial charge is 0.309 e. The van der Waals surface area contributed by atoms with Gasteiger partial charge in [0.1, 0.15) is 5.54 Å². The first-order valence-corrected chi connectivity index (χ1v) is 10.8. The van der Waals surface area contributed by atoms with E-state index >= 15 is 0 Å². The zero-order chi connectivity index (χ0) is 21.8. The molecule has 0 N–H and O–H groups in total. The van der Waals surface area contributed by atoms with Crippen LogP contribution in [0.1, 0.15) is 24.8 Å². The Balaban J connectivity index is 1.49. The molecule has 0 saturated carbocycles. The lowest BCUT2D eigenvalue weighted by molar-refractivity contribution is -0.123. The summed E-state index contributed by atoms with van der Waals surface area (Å²) in [6.07, 6.45) is 4.29. The molecule has 2 aromatic carbocycles. The van der Waals surface area contributed by atoms with Gasteiger partial charge in [-0.2, -0.15) is 0 Å². The van der Waals surface area contributed by atoms with Crippen LogP contribution in [0.2, 0.25) is 10.0 Å². The number of imide groups is 1. The number of hydrogen-bond donors (Lipinski definition) is 0. The van der Waals surface area contributed by atoms with E-state index in [1.54, 1.807) is 29.3 Å². The number of hydrogen-bond acceptors (Lipinski definition) is 3. The lowest BCUT2D eigenvalue weighted by Crippen LogP contribution is -2.46. The number of fused-ring (bicyclic) bond motifs is 1. The molecule has 0 bridgehead atoms. The third-order valence-corrected chi connectivity index (χ3v) is 6.79. The minimum absolute atomic E-state index is 0.105. The van der Waals surface area contributed by atoms with E-state index in [-0.39, 0.29) is 17.9 Å². The maximum atomic E-state index is 13.6. The number of amides is 3. The van der Waals surface area contributed by atoms with Crippen molar-refractivity contribution in [2.24, 2.45) is 0 Å². The van der Waals surface area contributed by atoms with E-state index in [9.17, 15) is 9.59 Å². The van der Waals surface area contributed by atoms with E-state index in [0.717, 1.165) is 23.1 Å². The van der Waals surface area contributed by atoms with Gasteiger partial charge in [-0.25, -0.2) is 9.69 Å². The Hall–Kier alpha value is -2.89. The topological polar surface area (TPSA) is 53.5 Å². The fourth-order valence-electron chi connectivity index (χ4n) is 4.78. The molecule has 3 aromatic rings. The predicted molar refractivity (Wildman–Crippen MR) is 121 cm³/mol. The fraction of sp³-hybridized carbons (Fsp3) is 0.208. The Morgan fingerprint density at radius 3 is 2.35 bits per heavy atom. The van der Waals surface area contributed by atoms with Gasteiger partial charge in [-0.05, 0) is 54.3 Å². The van der Waals surface area contributed by atoms with Crippen LogP contribution in [-0.4, -0.2) is 33.9 Å². The third-order valence-electron chi connectivity index (χ3n) is 6.35. The maximum Gasteiger partial charge on any atom is 0.332 e. The van der Waals surface area contributed by atoms with Gasteiger partial charge in [0.15, 0.2) is 0 Å². The summed E-state index contributed by atoms with van der Waals surface area (Å²) in [5.41, 5.74) is 2.56. The average molecular weight is 452 g/mol. The van der Waals surface area contributed by atoms with Gasteiger partial charge in [0.2, 0.25) is 0 Å². The molecule has 2 unspecified atom stereocenters. The van der Waals surface area contributed by atoms with Crippen LogP contribution in [0, 0.1) is 0 Å². The van der Waals surface area contributed by atoms with E-state index in [4.69, 9.17) is 23.2 Å². The van der Waals surface area contributed by atoms with Crippen LogP contribution < -0.4 is 4.90 Å². The van der Waals surface area contributed by atoms with Crippen molar-refractivity contribution in [3.05, 3.63) is 82.6 Å². The molecule has 3 amide bonds. The van der Waals surface area contributed by atoms with Crippen LogP contribution >= 0.6 is 23.2 Å². The predicted octanol–water partition coefficient (Wildman–Crippen LogP) is 5.77. The van der Waals surface area contributed by atoms with Crippen LogP contribution in [0.25, 0.3) is 11.1 Å². The first kappa shape index (κ1) is 20.0. The van der Waals surface area contributed by atoms with Crippen LogP contribution in [0.4, 0.5) is 10.5 Å². The van der Waals surface area contributed by atoms with Crippen molar-refractivity contribution in [3.63, 3.8) is 0 Å². The highest BCUT2D eigenvalue weighted by atomic mass is 35.5. The molecule has 1 aromatic heterocycles. The summed E-state index contributed by atoms with van der Waals surface area (Å²) in [7, 11) is 0. The van der Waals surface area contributed by atoms with Gasteiger partial charge >= 0.3 is 6.03 Å². The second-order valence-corrected chi connectivity index (χ2v) is 8.93. The number of nitrogens with zero attached hydrogens (tertiary/aromatic N) is 3. The molecule has 2 fully saturated rings. The van der Waals surface area contributed by atoms with Crippen molar-refractivity contribution in [2.45, 2.75) is 24.8 Å². The van der Waals surface area contributed by atoms with Crippen molar-refractivity contribution in [1.82, 2.24) is 9.88 Å². The summed E-state index contributed by atoms with van der Waals surface area (Å²) in [5.74, 6) is -0.360. The Kier molecular flexibility index (Phi) is 4.76. The average Bonchev–Trinajstić information content (AvgIpc) is 3.20. The van der Waals surface area contributed by atoms with Crippen LogP contribution in [0.5, 0.6) is 0 Å². The fourth-order valence-corrected chi connectivity index (χ4v) is 5.30. The molecule has 0 radical (unpaired) electrons. The molecular formula is C24H19Cl2N3O2. The van der Waals surface area contributed by atoms with Gasteiger partial charge in [-0.1, -0.05) is 53.5 Å². The highest BCUT2D eigenvalue weighted by Crippen LogP contribution is 2.48. The summed E-state index contributed by atoms with van der Waals surface area (Å²) in [6.45, 7) is 2.37. The Morgan fingerprint density at radius 1 is 1.00 bits per heavy atom. The minimum Gasteiger partial charge on any atom is -0.309 e. The number of rotatable bonds is 3. The highest BCUT2D eigenvalue weighted by Gasteiger charge is 2.62. The monoisotopic (exact) mass is 451 g/mol. The summed E-state index contributed by atoms with van der Waals surface area (Å²) in [5, 5.41) is 0.755. The highest BCUT2D eigenvalue weighted by molar-refractivity contribution is 6.35. The zero-order valence-electron chi connectivity index (χ0n) is 16.8. The molecule has 2 saturated heterocycles. The lowest BCUT2D eigenvalue weighted by atomic mass is 9.80. The molecular weight excluding hydrogens is 433 g/mol. The number of urea groups is 1. The normalized spacial score (nSPS) is 22.9. The molecule has 0 aliphatic carbocycles. The quantitative estimate of drug-likeness (QED) is 0.474. The van der Waals surface area contributed by atoms with E-state index < -0.39 is 5.54 Å². The van der Waals surface area contributed by atoms with Gasteiger partial charge in [-0.3, -0.25) is 9.78 Å². The number of anilines is 1. The van der Waals surface area contributed by atoms with Gasteiger partial charge in [0.05, 0.1) is 5.69 Å².